The van der Waals surface area contributed by atoms with Crippen LogP contribution in [0.3, 0.4) is 0 Å². The van der Waals surface area contributed by atoms with E-state index in [-0.39, 0.29) is 24.0 Å². The minimum absolute atomic E-state index is 0.0220. The van der Waals surface area contributed by atoms with E-state index in [0.717, 1.165) is 12.0 Å². The number of ether oxygens (including phenoxy) is 2. The minimum atomic E-state index is -1.99. The summed E-state index contributed by atoms with van der Waals surface area (Å²) in [7, 11) is 0. The van der Waals surface area contributed by atoms with Gasteiger partial charge < -0.3 is 19.7 Å². The van der Waals surface area contributed by atoms with Crippen molar-refractivity contribution in [1.29, 1.82) is 0 Å². The van der Waals surface area contributed by atoms with E-state index in [1.165, 1.54) is 12.2 Å². The topological polar surface area (TPSA) is 93.1 Å². The lowest BCUT2D eigenvalue weighted by Crippen LogP contribution is -2.70. The van der Waals surface area contributed by atoms with Crippen LogP contribution in [0, 0.1) is 28.6 Å². The standard InChI is InChI=1S/C26H35FO6/c1-5-6-22-32-21-11-17-18-9-14(2)16-10-15(29)7-8-23(16,3)25(18,27)19(30)12-24(17,4)26(21,33-22)20(31)13-28/h7-8,10,14,17-19,21-22,28,30H,5-6,9,11-13H2,1-4H3/t14-,17?,18-,19?,21+,22?,23-,24-,25-,26?/m0/s1. The van der Waals surface area contributed by atoms with Crippen LogP contribution < -0.4 is 0 Å². The molecule has 2 N–H and O–H groups in total. The Bertz CT molecular complexity index is 945. The van der Waals surface area contributed by atoms with Crippen molar-refractivity contribution in [2.75, 3.05) is 6.61 Å². The molecule has 0 bridgehead atoms. The summed E-state index contributed by atoms with van der Waals surface area (Å²) in [6, 6.07) is 0. The van der Waals surface area contributed by atoms with Crippen molar-refractivity contribution in [2.24, 2.45) is 28.6 Å². The van der Waals surface area contributed by atoms with E-state index in [9.17, 15) is 19.8 Å². The number of allylic oxidation sites excluding steroid dienone is 4. The molecule has 7 heteroatoms. The fourth-order valence-electron chi connectivity index (χ4n) is 8.40. The number of ketones is 2. The Labute approximate surface area is 194 Å². The summed E-state index contributed by atoms with van der Waals surface area (Å²) in [5, 5.41) is 21.4. The fraction of sp³-hybridized carbons (Fsp3) is 0.769. The molecule has 3 saturated carbocycles. The zero-order chi connectivity index (χ0) is 24.0. The van der Waals surface area contributed by atoms with Gasteiger partial charge in [-0.1, -0.05) is 38.8 Å². The second-order valence-electron chi connectivity index (χ2n) is 11.3. The van der Waals surface area contributed by atoms with E-state index in [0.29, 0.717) is 19.3 Å². The molecule has 0 spiro atoms. The largest absolute Gasteiger partial charge is 0.390 e. The van der Waals surface area contributed by atoms with E-state index in [4.69, 9.17) is 9.47 Å². The molecule has 10 atom stereocenters. The molecular formula is C26H35FO6. The maximum Gasteiger partial charge on any atom is 0.193 e. The van der Waals surface area contributed by atoms with Crippen molar-refractivity contribution in [3.63, 3.8) is 0 Å². The number of Topliss-reactive ketones (excluding diaryl/α,β-unsaturated/α-hetero) is 1. The number of aliphatic hydroxyl groups excluding tert-OH is 2. The molecule has 0 aromatic carbocycles. The van der Waals surface area contributed by atoms with E-state index in [1.807, 2.05) is 20.8 Å². The highest BCUT2D eigenvalue weighted by molar-refractivity contribution is 6.01. The summed E-state index contributed by atoms with van der Waals surface area (Å²) in [5.41, 5.74) is -4.65. The van der Waals surface area contributed by atoms with Gasteiger partial charge in [-0.25, -0.2) is 4.39 Å². The zero-order valence-electron chi connectivity index (χ0n) is 19.8. The summed E-state index contributed by atoms with van der Waals surface area (Å²) in [6.07, 6.45) is 4.44. The molecule has 5 rings (SSSR count). The summed E-state index contributed by atoms with van der Waals surface area (Å²) in [4.78, 5) is 25.4. The van der Waals surface area contributed by atoms with Crippen molar-refractivity contribution >= 4 is 11.6 Å². The highest BCUT2D eigenvalue weighted by atomic mass is 19.1. The van der Waals surface area contributed by atoms with Crippen LogP contribution in [0.5, 0.6) is 0 Å². The number of carbonyl (C=O) groups excluding carboxylic acids is 2. The molecule has 1 heterocycles. The van der Waals surface area contributed by atoms with Crippen molar-refractivity contribution in [1.82, 2.24) is 0 Å². The van der Waals surface area contributed by atoms with Crippen LogP contribution in [-0.4, -0.2) is 58.2 Å². The van der Waals surface area contributed by atoms with Crippen LogP contribution >= 0.6 is 0 Å². The summed E-state index contributed by atoms with van der Waals surface area (Å²) in [6.45, 7) is 7.01. The predicted octanol–water partition coefficient (Wildman–Crippen LogP) is 3.05. The van der Waals surface area contributed by atoms with Gasteiger partial charge >= 0.3 is 0 Å². The third-order valence-corrected chi connectivity index (χ3v) is 9.84. The van der Waals surface area contributed by atoms with Gasteiger partial charge in [-0.05, 0) is 56.6 Å². The van der Waals surface area contributed by atoms with Gasteiger partial charge in [0.25, 0.3) is 0 Å². The lowest BCUT2D eigenvalue weighted by atomic mass is 9.43. The van der Waals surface area contributed by atoms with Gasteiger partial charge in [0.1, 0.15) is 6.61 Å². The van der Waals surface area contributed by atoms with E-state index >= 15 is 4.39 Å². The van der Waals surface area contributed by atoms with Gasteiger partial charge in [0.15, 0.2) is 29.1 Å². The highest BCUT2D eigenvalue weighted by Gasteiger charge is 2.79. The minimum Gasteiger partial charge on any atom is -0.390 e. The summed E-state index contributed by atoms with van der Waals surface area (Å²) < 4.78 is 29.9. The zero-order valence-corrected chi connectivity index (χ0v) is 19.8. The van der Waals surface area contributed by atoms with Crippen LogP contribution in [-0.2, 0) is 19.1 Å². The van der Waals surface area contributed by atoms with Crippen LogP contribution in [0.2, 0.25) is 0 Å². The van der Waals surface area contributed by atoms with Gasteiger partial charge in [0, 0.05) is 16.7 Å². The van der Waals surface area contributed by atoms with Crippen molar-refractivity contribution in [2.45, 2.75) is 89.6 Å². The number of rotatable bonds is 4. The van der Waals surface area contributed by atoms with Crippen LogP contribution in [0.1, 0.15) is 59.8 Å². The molecule has 4 unspecified atom stereocenters. The molecule has 4 aliphatic carbocycles. The summed E-state index contributed by atoms with van der Waals surface area (Å²) in [5.74, 6) is -1.48. The molecule has 4 fully saturated rings. The molecule has 0 aromatic heterocycles. The Hall–Kier alpha value is -1.41. The van der Waals surface area contributed by atoms with Gasteiger partial charge in [-0.15, -0.1) is 0 Å². The number of halogens is 1. The first-order valence-corrected chi connectivity index (χ1v) is 12.3. The number of fused-ring (bicyclic) bond motifs is 7. The van der Waals surface area contributed by atoms with Crippen molar-refractivity contribution in [3.8, 4) is 0 Å². The quantitative estimate of drug-likeness (QED) is 0.667. The van der Waals surface area contributed by atoms with E-state index in [1.54, 1.807) is 13.0 Å². The molecule has 1 saturated heterocycles. The SMILES string of the molecule is CCCC1O[C@@H]2CC3[C@@H]4C[C@H](C)C5=CC(=O)C=C[C@]5(C)[C@@]4(F)C(O)C[C@]3(C)C2(C(=O)CO)O1. The average Bonchev–Trinajstić information content (AvgIpc) is 3.24. The number of aliphatic hydroxyl groups is 2. The monoisotopic (exact) mass is 462 g/mol. The smallest absolute Gasteiger partial charge is 0.193 e. The molecule has 33 heavy (non-hydrogen) atoms. The maximum atomic E-state index is 17.4. The number of carbonyl (C=O) groups is 2. The van der Waals surface area contributed by atoms with E-state index < -0.39 is 58.9 Å². The van der Waals surface area contributed by atoms with Crippen LogP contribution in [0.4, 0.5) is 4.39 Å². The number of alkyl halides is 1. The normalized spacial score (nSPS) is 52.6. The number of hydrogen-bond donors (Lipinski definition) is 2. The molecule has 6 nitrogen and oxygen atoms in total. The highest BCUT2D eigenvalue weighted by Crippen LogP contribution is 2.72. The third kappa shape index (κ3) is 2.63. The molecule has 0 amide bonds. The average molecular weight is 463 g/mol. The molecule has 0 radical (unpaired) electrons. The first-order chi connectivity index (χ1) is 15.5. The molecule has 182 valence electrons. The predicted molar refractivity (Wildman–Crippen MR) is 118 cm³/mol. The van der Waals surface area contributed by atoms with Crippen LogP contribution in [0.25, 0.3) is 0 Å². The van der Waals surface area contributed by atoms with E-state index in [2.05, 4.69) is 0 Å². The Morgan fingerprint density at radius 2 is 2.00 bits per heavy atom. The molecule has 0 aromatic rings. The Morgan fingerprint density at radius 3 is 2.67 bits per heavy atom. The van der Waals surface area contributed by atoms with Gasteiger partial charge in [0.2, 0.25) is 0 Å². The van der Waals surface area contributed by atoms with Gasteiger partial charge in [-0.2, -0.15) is 0 Å². The Morgan fingerprint density at radius 1 is 1.27 bits per heavy atom. The van der Waals surface area contributed by atoms with Crippen molar-refractivity contribution < 1.29 is 33.7 Å². The second-order valence-corrected chi connectivity index (χ2v) is 11.3. The van der Waals surface area contributed by atoms with Crippen molar-refractivity contribution in [3.05, 3.63) is 23.8 Å². The number of hydrogen-bond acceptors (Lipinski definition) is 6. The first-order valence-electron chi connectivity index (χ1n) is 12.3. The fourth-order valence-corrected chi connectivity index (χ4v) is 8.40. The Kier molecular flexibility index (Phi) is 5.16. The van der Waals surface area contributed by atoms with Crippen LogP contribution in [0.15, 0.2) is 23.8 Å². The van der Waals surface area contributed by atoms with Gasteiger partial charge in [0.05, 0.1) is 12.2 Å². The molecular weight excluding hydrogens is 427 g/mol. The lowest BCUT2D eigenvalue weighted by Gasteiger charge is -2.63. The molecule has 5 aliphatic rings. The molecule has 1 aliphatic heterocycles. The third-order valence-electron chi connectivity index (χ3n) is 9.84. The second kappa shape index (κ2) is 7.30. The Balaban J connectivity index is 1.62. The first kappa shape index (κ1) is 23.3. The lowest BCUT2D eigenvalue weighted by molar-refractivity contribution is -0.234. The maximum absolute atomic E-state index is 17.4. The van der Waals surface area contributed by atoms with Gasteiger partial charge in [-0.3, -0.25) is 9.59 Å². The summed E-state index contributed by atoms with van der Waals surface area (Å²) >= 11 is 0.